The van der Waals surface area contributed by atoms with Gasteiger partial charge in [0, 0.05) is 80.6 Å². The van der Waals surface area contributed by atoms with E-state index in [0.717, 1.165) is 91.4 Å². The molecule has 0 unspecified atom stereocenters. The number of hydrogen-bond acceptors (Lipinski definition) is 13. The molecule has 0 fully saturated rings. The van der Waals surface area contributed by atoms with Gasteiger partial charge in [-0.15, -0.1) is 0 Å². The number of carbonyl (C=O) groups excluding carboxylic acids is 6. The van der Waals surface area contributed by atoms with Crippen LogP contribution in [-0.4, -0.2) is 125 Å². The van der Waals surface area contributed by atoms with E-state index < -0.39 is 11.9 Å². The van der Waals surface area contributed by atoms with Crippen molar-refractivity contribution in [3.63, 3.8) is 0 Å². The molecule has 0 spiro atoms. The number of aliphatic hydroxyl groups is 1. The number of rotatable bonds is 11. The van der Waals surface area contributed by atoms with E-state index in [2.05, 4.69) is 19.7 Å². The van der Waals surface area contributed by atoms with Crippen LogP contribution in [0, 0.1) is 0 Å². The average Bonchev–Trinajstić information content (AvgIpc) is 3.79. The van der Waals surface area contributed by atoms with Crippen LogP contribution in [0.1, 0.15) is 62.9 Å². The molecule has 0 saturated heterocycles. The van der Waals surface area contributed by atoms with Crippen molar-refractivity contribution in [3.05, 3.63) is 202 Å². The van der Waals surface area contributed by atoms with E-state index in [1.807, 2.05) is 146 Å². The third-order valence-electron chi connectivity index (χ3n) is 12.6. The van der Waals surface area contributed by atoms with Crippen molar-refractivity contribution in [2.24, 2.45) is 15.0 Å². The number of nitrogens with zero attached hydrogens (tertiary/aromatic N) is 6. The van der Waals surface area contributed by atoms with Gasteiger partial charge in [-0.1, -0.05) is 127 Å². The number of likely N-dealkylation sites (N-methyl/N-ethyl adjacent to an activating group) is 3. The summed E-state index contributed by atoms with van der Waals surface area (Å²) >= 11 is 0. The molecule has 3 heterocycles. The Balaban J connectivity index is 0.000000184. The lowest BCUT2D eigenvalue weighted by atomic mass is 9.97. The third kappa shape index (κ3) is 14.8. The molecule has 4 amide bonds. The zero-order chi connectivity index (χ0) is 55.4. The molecule has 396 valence electrons. The van der Waals surface area contributed by atoms with E-state index in [9.17, 15) is 28.8 Å². The standard InChI is InChI=1S/C20H20N2O3.C20H18N2O3.C19H19N3O3.CH4O/c2*1-22-17-12-14(9-11-19(24)25-2)8-10-16(17)20(21-13-18(22)23)15-6-4-3-5-7-15;1-22-16-11-13(8-10-17(23)21-25)7-9-15(16)19(20-12-18(22)24)14-5-3-2-4-6-14;1-2/h3-8,10,12H,9,11,13H2,1-2H3;3-12H,13H2,1-2H3;2-7,9,11,25H,8,10,12H2,1H3,(H,21,23);2H,1H3/b;11-9+;;. The van der Waals surface area contributed by atoms with Crippen molar-refractivity contribution in [2.75, 3.05) is 76.8 Å². The van der Waals surface area contributed by atoms with Crippen LogP contribution in [0.2, 0.25) is 0 Å². The van der Waals surface area contributed by atoms with Gasteiger partial charge in [0.2, 0.25) is 23.6 Å². The third-order valence-corrected chi connectivity index (χ3v) is 12.6. The summed E-state index contributed by atoms with van der Waals surface area (Å²) in [5.41, 5.74) is 14.6. The Kier molecular flexibility index (Phi) is 20.7. The number of hydrogen-bond donors (Lipinski definition) is 3. The van der Waals surface area contributed by atoms with E-state index >= 15 is 0 Å². The van der Waals surface area contributed by atoms with Crippen LogP contribution >= 0.6 is 0 Å². The normalized spacial score (nSPS) is 13.6. The predicted molar refractivity (Wildman–Crippen MR) is 298 cm³/mol. The molecule has 6 aromatic carbocycles. The largest absolute Gasteiger partial charge is 0.469 e. The van der Waals surface area contributed by atoms with Crippen LogP contribution in [0.15, 0.2) is 167 Å². The highest BCUT2D eigenvalue weighted by Crippen LogP contribution is 2.31. The van der Waals surface area contributed by atoms with Crippen molar-refractivity contribution in [1.29, 1.82) is 0 Å². The van der Waals surface area contributed by atoms with Crippen molar-refractivity contribution in [3.8, 4) is 0 Å². The highest BCUT2D eigenvalue weighted by Gasteiger charge is 2.26. The Morgan fingerprint density at radius 2 is 0.909 bits per heavy atom. The topological polar surface area (TPSA) is 220 Å². The summed E-state index contributed by atoms with van der Waals surface area (Å²) in [6, 6.07) is 46.7. The monoisotopic (exact) mass is 1040 g/mol. The number of benzene rings is 6. The second-order valence-corrected chi connectivity index (χ2v) is 17.4. The minimum atomic E-state index is -0.439. The number of anilines is 3. The number of esters is 2. The number of ether oxygens (including phenoxy) is 2. The van der Waals surface area contributed by atoms with Gasteiger partial charge in [0.15, 0.2) is 0 Å². The number of amides is 4. The Labute approximate surface area is 447 Å². The molecule has 0 bridgehead atoms. The van der Waals surface area contributed by atoms with Gasteiger partial charge in [0.25, 0.3) is 0 Å². The first kappa shape index (κ1) is 57.1. The fourth-order valence-electron chi connectivity index (χ4n) is 8.39. The van der Waals surface area contributed by atoms with Gasteiger partial charge in [0.05, 0.1) is 48.4 Å². The van der Waals surface area contributed by atoms with Gasteiger partial charge >= 0.3 is 11.9 Å². The van der Waals surface area contributed by atoms with Crippen molar-refractivity contribution >= 4 is 75.8 Å². The van der Waals surface area contributed by atoms with Gasteiger partial charge in [-0.2, -0.15) is 0 Å². The first-order chi connectivity index (χ1) is 37.3. The first-order valence-electron chi connectivity index (χ1n) is 24.5. The quantitative estimate of drug-likeness (QED) is 0.0531. The predicted octanol–water partition coefficient (Wildman–Crippen LogP) is 6.84. The van der Waals surface area contributed by atoms with Crippen LogP contribution in [-0.2, 0) is 51.1 Å². The van der Waals surface area contributed by atoms with Gasteiger partial charge in [-0.05, 0) is 53.8 Å². The summed E-state index contributed by atoms with van der Waals surface area (Å²) in [4.78, 5) is 89.2. The van der Waals surface area contributed by atoms with Gasteiger partial charge in [-0.25, -0.2) is 10.3 Å². The summed E-state index contributed by atoms with van der Waals surface area (Å²) < 4.78 is 9.30. The number of aliphatic hydroxyl groups excluding tert-OH is 1. The van der Waals surface area contributed by atoms with Crippen LogP contribution in [0.4, 0.5) is 17.1 Å². The molecular formula is C60H61N7O10. The molecule has 3 aliphatic heterocycles. The van der Waals surface area contributed by atoms with E-state index in [0.29, 0.717) is 19.3 Å². The summed E-state index contributed by atoms with van der Waals surface area (Å²) in [6.07, 6.45) is 4.54. The number of methoxy groups -OCH3 is 2. The lowest BCUT2D eigenvalue weighted by molar-refractivity contribution is -0.140. The number of benzodiazepines with no additional fused rings is 3. The van der Waals surface area contributed by atoms with Gasteiger partial charge in [0.1, 0.15) is 19.6 Å². The van der Waals surface area contributed by atoms with E-state index in [-0.39, 0.29) is 49.7 Å². The number of aryl methyl sites for hydroxylation is 2. The number of nitrogens with one attached hydrogen (secondary N) is 1. The molecule has 17 heteroatoms. The Morgan fingerprint density at radius 3 is 1.29 bits per heavy atom. The zero-order valence-corrected chi connectivity index (χ0v) is 43.8. The highest BCUT2D eigenvalue weighted by molar-refractivity contribution is 6.21. The van der Waals surface area contributed by atoms with E-state index in [1.165, 1.54) is 20.3 Å². The van der Waals surface area contributed by atoms with Crippen molar-refractivity contribution < 1.29 is 48.6 Å². The molecule has 17 nitrogen and oxygen atoms in total. The van der Waals surface area contributed by atoms with Crippen LogP contribution in [0.3, 0.4) is 0 Å². The molecule has 77 heavy (non-hydrogen) atoms. The number of fused-ring (bicyclic) bond motifs is 3. The summed E-state index contributed by atoms with van der Waals surface area (Å²) in [5.74, 6) is -1.33. The molecule has 0 radical (unpaired) electrons. The fraction of sp³-hybridized carbons (Fsp3) is 0.217. The van der Waals surface area contributed by atoms with E-state index in [1.54, 1.807) is 47.4 Å². The van der Waals surface area contributed by atoms with Crippen LogP contribution in [0.5, 0.6) is 0 Å². The lowest BCUT2D eigenvalue weighted by Gasteiger charge is -2.19. The molecule has 3 N–H and O–H groups in total. The average molecular weight is 1040 g/mol. The van der Waals surface area contributed by atoms with Gasteiger partial charge < -0.3 is 29.3 Å². The summed E-state index contributed by atoms with van der Waals surface area (Å²) in [7, 11) is 8.94. The first-order valence-corrected chi connectivity index (χ1v) is 24.5. The zero-order valence-electron chi connectivity index (χ0n) is 43.8. The van der Waals surface area contributed by atoms with Gasteiger partial charge in [-0.3, -0.25) is 44.2 Å². The maximum Gasteiger partial charge on any atom is 0.330 e. The molecule has 0 atom stereocenters. The van der Waals surface area contributed by atoms with Crippen molar-refractivity contribution in [2.45, 2.75) is 25.7 Å². The fourth-order valence-corrected chi connectivity index (χ4v) is 8.39. The minimum Gasteiger partial charge on any atom is -0.469 e. The summed E-state index contributed by atoms with van der Waals surface area (Å²) in [6.45, 7) is 0.313. The SMILES string of the molecule is CN1C(=O)CN=C(c2ccccc2)c2ccc(CCC(=O)NO)cc21.CO.COC(=O)/C=C/c1ccc2c(c1)N(C)C(=O)CN=C2c1ccccc1.COC(=O)CCc1ccc2c(c1)N(C)C(=O)CN=C2c1ccccc1. The second-order valence-electron chi connectivity index (χ2n) is 17.4. The molecule has 3 aliphatic rings. The van der Waals surface area contributed by atoms with Crippen LogP contribution in [0.25, 0.3) is 6.08 Å². The second kappa shape index (κ2) is 27.9. The Morgan fingerprint density at radius 1 is 0.532 bits per heavy atom. The molecule has 0 aromatic heterocycles. The number of hydroxylamine groups is 1. The molecule has 6 aromatic rings. The Hall–Kier alpha value is -9.19. The molecular weight excluding hydrogens is 979 g/mol. The minimum absolute atomic E-state index is 0.0581. The van der Waals surface area contributed by atoms with Crippen LogP contribution < -0.4 is 20.2 Å². The number of carbonyl (C=O) groups is 6. The maximum atomic E-state index is 12.3. The molecule has 9 rings (SSSR count). The maximum absolute atomic E-state index is 12.3. The summed E-state index contributed by atoms with van der Waals surface area (Å²) in [5, 5.41) is 15.6. The smallest absolute Gasteiger partial charge is 0.330 e. The highest BCUT2D eigenvalue weighted by atomic mass is 16.5. The molecule has 0 aliphatic carbocycles. The van der Waals surface area contributed by atoms with Crippen molar-refractivity contribution in [1.82, 2.24) is 5.48 Å². The number of aliphatic imine (C=N–C) groups is 3. The molecule has 0 saturated carbocycles. The lowest BCUT2D eigenvalue weighted by Crippen LogP contribution is -2.28. The van der Waals surface area contributed by atoms with E-state index in [4.69, 9.17) is 15.1 Å². The Bertz CT molecular complexity index is 3070.